The zero-order chi connectivity index (χ0) is 13.7. The van der Waals surface area contributed by atoms with Gasteiger partial charge in [0, 0.05) is 12.6 Å². The van der Waals surface area contributed by atoms with Crippen molar-refractivity contribution >= 4 is 23.4 Å². The Bertz CT molecular complexity index is 371. The maximum absolute atomic E-state index is 6.06. The van der Waals surface area contributed by atoms with E-state index in [0.29, 0.717) is 16.8 Å². The van der Waals surface area contributed by atoms with Crippen molar-refractivity contribution in [1.29, 1.82) is 0 Å². The summed E-state index contributed by atoms with van der Waals surface area (Å²) in [5.74, 6) is 1.44. The molecule has 1 rings (SSSR count). The van der Waals surface area contributed by atoms with Crippen LogP contribution >= 0.6 is 11.6 Å². The molecule has 0 fully saturated rings. The number of nitrogens with zero attached hydrogens (tertiary/aromatic N) is 3. The number of halogens is 1. The van der Waals surface area contributed by atoms with Crippen LogP contribution in [0.1, 0.15) is 20.3 Å². The standard InChI is InChI=1S/C12H22ClN5/c1-8(2)5-9(7-18(3)4)16-11-10(13)6-15-12(14)17-11/h6,8-9H,5,7H2,1-4H3,(H3,14,15,16,17). The Hall–Kier alpha value is -1.07. The van der Waals surface area contributed by atoms with Crippen LogP contribution < -0.4 is 11.1 Å². The van der Waals surface area contributed by atoms with Gasteiger partial charge >= 0.3 is 0 Å². The molecular formula is C12H22ClN5. The summed E-state index contributed by atoms with van der Waals surface area (Å²) in [6.45, 7) is 5.30. The summed E-state index contributed by atoms with van der Waals surface area (Å²) in [7, 11) is 4.09. The second kappa shape index (κ2) is 6.75. The molecule has 102 valence electrons. The minimum Gasteiger partial charge on any atom is -0.368 e. The van der Waals surface area contributed by atoms with E-state index >= 15 is 0 Å². The van der Waals surface area contributed by atoms with Crippen molar-refractivity contribution in [2.45, 2.75) is 26.3 Å². The molecule has 18 heavy (non-hydrogen) atoms. The molecular weight excluding hydrogens is 250 g/mol. The summed E-state index contributed by atoms with van der Waals surface area (Å²) < 4.78 is 0. The number of hydrogen-bond acceptors (Lipinski definition) is 5. The zero-order valence-corrected chi connectivity index (χ0v) is 12.2. The van der Waals surface area contributed by atoms with E-state index in [1.807, 2.05) is 14.1 Å². The van der Waals surface area contributed by atoms with Crippen molar-refractivity contribution in [3.8, 4) is 0 Å². The summed E-state index contributed by atoms with van der Waals surface area (Å²) in [6.07, 6.45) is 2.56. The van der Waals surface area contributed by atoms with Gasteiger partial charge in [-0.05, 0) is 26.4 Å². The van der Waals surface area contributed by atoms with Gasteiger partial charge in [-0.15, -0.1) is 0 Å². The van der Waals surface area contributed by atoms with Crippen LogP contribution in [0.15, 0.2) is 6.20 Å². The molecule has 0 amide bonds. The molecule has 0 radical (unpaired) electrons. The smallest absolute Gasteiger partial charge is 0.222 e. The van der Waals surface area contributed by atoms with Crippen molar-refractivity contribution in [3.63, 3.8) is 0 Å². The SMILES string of the molecule is CC(C)CC(CN(C)C)Nc1nc(N)ncc1Cl. The number of nitrogens with two attached hydrogens (primary N) is 1. The van der Waals surface area contributed by atoms with E-state index in [0.717, 1.165) is 13.0 Å². The van der Waals surface area contributed by atoms with E-state index in [9.17, 15) is 0 Å². The molecule has 6 heteroatoms. The summed E-state index contributed by atoms with van der Waals surface area (Å²) in [6, 6.07) is 0.284. The van der Waals surface area contributed by atoms with Crippen LogP contribution in [0.25, 0.3) is 0 Å². The predicted octanol–water partition coefficient (Wildman–Crippen LogP) is 2.10. The second-order valence-electron chi connectivity index (χ2n) is 5.16. The van der Waals surface area contributed by atoms with Gasteiger partial charge in [-0.1, -0.05) is 25.4 Å². The van der Waals surface area contributed by atoms with Gasteiger partial charge in [0.2, 0.25) is 5.95 Å². The molecule has 1 aromatic rings. The molecule has 0 saturated carbocycles. The molecule has 5 nitrogen and oxygen atoms in total. The van der Waals surface area contributed by atoms with Crippen molar-refractivity contribution in [2.24, 2.45) is 5.92 Å². The third-order valence-electron chi connectivity index (χ3n) is 2.45. The molecule has 1 atom stereocenters. The van der Waals surface area contributed by atoms with Gasteiger partial charge < -0.3 is 16.0 Å². The maximum atomic E-state index is 6.06. The molecule has 1 heterocycles. The van der Waals surface area contributed by atoms with Crippen LogP contribution in [0, 0.1) is 5.92 Å². The molecule has 0 saturated heterocycles. The van der Waals surface area contributed by atoms with E-state index in [1.54, 1.807) is 0 Å². The normalized spacial score (nSPS) is 13.1. The van der Waals surface area contributed by atoms with Crippen molar-refractivity contribution in [1.82, 2.24) is 14.9 Å². The summed E-state index contributed by atoms with van der Waals surface area (Å²) in [5.41, 5.74) is 5.57. The minimum absolute atomic E-state index is 0.232. The summed E-state index contributed by atoms with van der Waals surface area (Å²) in [5, 5.41) is 3.84. The maximum Gasteiger partial charge on any atom is 0.222 e. The van der Waals surface area contributed by atoms with E-state index in [4.69, 9.17) is 17.3 Å². The van der Waals surface area contributed by atoms with Crippen LogP contribution in [0.3, 0.4) is 0 Å². The fraction of sp³-hybridized carbons (Fsp3) is 0.667. The van der Waals surface area contributed by atoms with Gasteiger partial charge in [-0.25, -0.2) is 4.98 Å². The highest BCUT2D eigenvalue weighted by molar-refractivity contribution is 6.32. The van der Waals surface area contributed by atoms with Gasteiger partial charge in [0.1, 0.15) is 5.02 Å². The molecule has 0 spiro atoms. The highest BCUT2D eigenvalue weighted by atomic mass is 35.5. The Kier molecular flexibility index (Phi) is 5.62. The lowest BCUT2D eigenvalue weighted by Crippen LogP contribution is -2.34. The lowest BCUT2D eigenvalue weighted by atomic mass is 10.0. The lowest BCUT2D eigenvalue weighted by Gasteiger charge is -2.24. The van der Waals surface area contributed by atoms with Crippen LogP contribution in [0.2, 0.25) is 5.02 Å². The van der Waals surface area contributed by atoms with Crippen molar-refractivity contribution < 1.29 is 0 Å². The third kappa shape index (κ3) is 5.06. The van der Waals surface area contributed by atoms with Gasteiger partial charge in [0.05, 0.1) is 6.20 Å². The van der Waals surface area contributed by atoms with E-state index in [-0.39, 0.29) is 12.0 Å². The van der Waals surface area contributed by atoms with Gasteiger partial charge in [-0.3, -0.25) is 0 Å². The number of anilines is 2. The molecule has 1 aromatic heterocycles. The van der Waals surface area contributed by atoms with Gasteiger partial charge in [0.15, 0.2) is 5.82 Å². The van der Waals surface area contributed by atoms with Crippen molar-refractivity contribution in [3.05, 3.63) is 11.2 Å². The first-order chi connectivity index (χ1) is 8.38. The third-order valence-corrected chi connectivity index (χ3v) is 2.72. The van der Waals surface area contributed by atoms with Crippen LogP contribution in [0.4, 0.5) is 11.8 Å². The first-order valence-corrected chi connectivity index (χ1v) is 6.45. The monoisotopic (exact) mass is 271 g/mol. The molecule has 0 aromatic carbocycles. The molecule has 0 aliphatic heterocycles. The van der Waals surface area contributed by atoms with E-state index in [2.05, 4.69) is 34.0 Å². The molecule has 0 aliphatic carbocycles. The Morgan fingerprint density at radius 1 is 1.44 bits per heavy atom. The van der Waals surface area contributed by atoms with E-state index < -0.39 is 0 Å². The van der Waals surface area contributed by atoms with Crippen LogP contribution in [-0.2, 0) is 0 Å². The second-order valence-corrected chi connectivity index (χ2v) is 5.56. The number of rotatable bonds is 6. The van der Waals surface area contributed by atoms with Crippen molar-refractivity contribution in [2.75, 3.05) is 31.7 Å². The highest BCUT2D eigenvalue weighted by Crippen LogP contribution is 2.21. The lowest BCUT2D eigenvalue weighted by molar-refractivity contribution is 0.356. The topological polar surface area (TPSA) is 67.1 Å². The average molecular weight is 272 g/mol. The van der Waals surface area contributed by atoms with Crippen LogP contribution in [0.5, 0.6) is 0 Å². The van der Waals surface area contributed by atoms with Gasteiger partial charge in [-0.2, -0.15) is 4.98 Å². The number of nitrogen functional groups attached to an aromatic ring is 1. The summed E-state index contributed by atoms with van der Waals surface area (Å²) in [4.78, 5) is 10.1. The van der Waals surface area contributed by atoms with E-state index in [1.165, 1.54) is 6.20 Å². The number of aromatic nitrogens is 2. The quantitative estimate of drug-likeness (QED) is 0.829. The fourth-order valence-corrected chi connectivity index (χ4v) is 2.01. The average Bonchev–Trinajstić information content (AvgIpc) is 2.21. The molecule has 0 aliphatic rings. The zero-order valence-electron chi connectivity index (χ0n) is 11.4. The molecule has 1 unspecified atom stereocenters. The Morgan fingerprint density at radius 2 is 2.11 bits per heavy atom. The Balaban J connectivity index is 2.77. The first kappa shape index (κ1) is 15.0. The number of nitrogens with one attached hydrogen (secondary N) is 1. The van der Waals surface area contributed by atoms with Crippen LogP contribution in [-0.4, -0.2) is 41.5 Å². The number of hydrogen-bond donors (Lipinski definition) is 2. The largest absolute Gasteiger partial charge is 0.368 e. The predicted molar refractivity (Wildman–Crippen MR) is 76.9 cm³/mol. The van der Waals surface area contributed by atoms with Gasteiger partial charge in [0.25, 0.3) is 0 Å². The highest BCUT2D eigenvalue weighted by Gasteiger charge is 2.14. The Morgan fingerprint density at radius 3 is 2.67 bits per heavy atom. The molecule has 0 bridgehead atoms. The molecule has 3 N–H and O–H groups in total. The summed E-state index contributed by atoms with van der Waals surface area (Å²) >= 11 is 6.06. The first-order valence-electron chi connectivity index (χ1n) is 6.07. The minimum atomic E-state index is 0.232. The Labute approximate surface area is 114 Å². The number of likely N-dealkylation sites (N-methyl/N-ethyl adjacent to an activating group) is 1. The fourth-order valence-electron chi connectivity index (χ4n) is 1.86.